The monoisotopic (exact) mass is 427 g/mol. The highest BCUT2D eigenvalue weighted by Crippen LogP contribution is 2.30. The average molecular weight is 428 g/mol. The van der Waals surface area contributed by atoms with E-state index in [4.69, 9.17) is 9.73 Å². The van der Waals surface area contributed by atoms with Gasteiger partial charge in [0.1, 0.15) is 0 Å². The summed E-state index contributed by atoms with van der Waals surface area (Å²) in [4.78, 5) is 21.3. The maximum Gasteiger partial charge on any atom is 0.227 e. The standard InChI is InChI=1S/C24H37N5O2/c1-2-25-23(27-19-24(11-16-31-17-12-24)28-13-3-4-14-28)26-18-20-7-9-21(10-8-20)29-15-5-6-22(29)30/h7-10H,2-6,11-19H2,1H3,(H2,25,26,27). The van der Waals surface area contributed by atoms with E-state index in [0.29, 0.717) is 13.0 Å². The molecule has 0 radical (unpaired) electrons. The lowest BCUT2D eigenvalue weighted by Gasteiger charge is -2.45. The average Bonchev–Trinajstić information content (AvgIpc) is 3.49. The molecule has 4 rings (SSSR count). The van der Waals surface area contributed by atoms with Gasteiger partial charge in [0.25, 0.3) is 0 Å². The molecular weight excluding hydrogens is 390 g/mol. The molecule has 3 fully saturated rings. The van der Waals surface area contributed by atoms with Crippen LogP contribution in [0.15, 0.2) is 29.3 Å². The number of amides is 1. The van der Waals surface area contributed by atoms with Crippen molar-refractivity contribution < 1.29 is 9.53 Å². The van der Waals surface area contributed by atoms with Crippen LogP contribution >= 0.6 is 0 Å². The number of benzene rings is 1. The van der Waals surface area contributed by atoms with E-state index in [0.717, 1.165) is 69.3 Å². The lowest BCUT2D eigenvalue weighted by Crippen LogP contribution is -2.58. The van der Waals surface area contributed by atoms with Crippen molar-refractivity contribution in [3.8, 4) is 0 Å². The normalized spacial score (nSPS) is 22.2. The van der Waals surface area contributed by atoms with E-state index in [1.807, 2.05) is 17.0 Å². The van der Waals surface area contributed by atoms with Gasteiger partial charge in [0.05, 0.1) is 6.54 Å². The van der Waals surface area contributed by atoms with Gasteiger partial charge < -0.3 is 20.3 Å². The van der Waals surface area contributed by atoms with Gasteiger partial charge in [-0.25, -0.2) is 4.99 Å². The van der Waals surface area contributed by atoms with E-state index >= 15 is 0 Å². The first-order valence-corrected chi connectivity index (χ1v) is 11.9. The molecule has 7 nitrogen and oxygen atoms in total. The van der Waals surface area contributed by atoms with Crippen LogP contribution in [0.2, 0.25) is 0 Å². The van der Waals surface area contributed by atoms with Crippen LogP contribution < -0.4 is 15.5 Å². The van der Waals surface area contributed by atoms with Crippen molar-refractivity contribution in [1.82, 2.24) is 15.5 Å². The molecule has 1 amide bonds. The fraction of sp³-hybridized carbons (Fsp3) is 0.667. The van der Waals surface area contributed by atoms with Crippen molar-refractivity contribution in [2.75, 3.05) is 50.8 Å². The van der Waals surface area contributed by atoms with Crippen LogP contribution in [0, 0.1) is 0 Å². The zero-order valence-corrected chi connectivity index (χ0v) is 18.9. The van der Waals surface area contributed by atoms with Crippen molar-refractivity contribution >= 4 is 17.6 Å². The Labute approximate surface area is 186 Å². The molecule has 0 aromatic heterocycles. The highest BCUT2D eigenvalue weighted by Gasteiger charge is 2.39. The molecule has 0 aliphatic carbocycles. The lowest BCUT2D eigenvalue weighted by molar-refractivity contribution is -0.117. The van der Waals surface area contributed by atoms with Crippen molar-refractivity contribution in [3.05, 3.63) is 29.8 Å². The minimum atomic E-state index is 0.175. The molecule has 3 saturated heterocycles. The molecule has 3 aliphatic heterocycles. The highest BCUT2D eigenvalue weighted by atomic mass is 16.5. The van der Waals surface area contributed by atoms with Crippen LogP contribution in [0.5, 0.6) is 0 Å². The largest absolute Gasteiger partial charge is 0.381 e. The Morgan fingerprint density at radius 2 is 1.81 bits per heavy atom. The maximum absolute atomic E-state index is 11.9. The molecule has 2 N–H and O–H groups in total. The van der Waals surface area contributed by atoms with Crippen molar-refractivity contribution in [1.29, 1.82) is 0 Å². The van der Waals surface area contributed by atoms with Gasteiger partial charge in [-0.05, 0) is 69.8 Å². The lowest BCUT2D eigenvalue weighted by atomic mass is 9.88. The van der Waals surface area contributed by atoms with Gasteiger partial charge in [-0.3, -0.25) is 9.69 Å². The molecular formula is C24H37N5O2. The van der Waals surface area contributed by atoms with E-state index in [-0.39, 0.29) is 11.4 Å². The number of aliphatic imine (C=N–C) groups is 1. The molecule has 0 spiro atoms. The van der Waals surface area contributed by atoms with Gasteiger partial charge in [-0.2, -0.15) is 0 Å². The predicted molar refractivity (Wildman–Crippen MR) is 124 cm³/mol. The molecule has 170 valence electrons. The Hall–Kier alpha value is -2.12. The van der Waals surface area contributed by atoms with Crippen LogP contribution in [0.25, 0.3) is 0 Å². The number of nitrogens with one attached hydrogen (secondary N) is 2. The van der Waals surface area contributed by atoms with Crippen molar-refractivity contribution in [2.45, 2.75) is 57.5 Å². The molecule has 0 unspecified atom stereocenters. The number of hydrogen-bond donors (Lipinski definition) is 2. The summed E-state index contributed by atoms with van der Waals surface area (Å²) >= 11 is 0. The van der Waals surface area contributed by atoms with Crippen LogP contribution in [0.1, 0.15) is 51.0 Å². The van der Waals surface area contributed by atoms with Crippen LogP contribution in [-0.2, 0) is 16.1 Å². The van der Waals surface area contributed by atoms with E-state index in [1.54, 1.807) is 0 Å². The fourth-order valence-electron chi connectivity index (χ4n) is 5.01. The van der Waals surface area contributed by atoms with Gasteiger partial charge >= 0.3 is 0 Å². The number of rotatable bonds is 7. The number of carbonyl (C=O) groups is 1. The summed E-state index contributed by atoms with van der Waals surface area (Å²) in [7, 11) is 0. The molecule has 3 heterocycles. The molecule has 0 atom stereocenters. The number of carbonyl (C=O) groups excluding carboxylic acids is 1. The highest BCUT2D eigenvalue weighted by molar-refractivity contribution is 5.95. The molecule has 1 aromatic carbocycles. The second-order valence-electron chi connectivity index (χ2n) is 8.89. The zero-order chi connectivity index (χ0) is 21.5. The third-order valence-electron chi connectivity index (χ3n) is 6.87. The molecule has 1 aromatic rings. The summed E-state index contributed by atoms with van der Waals surface area (Å²) in [6, 6.07) is 8.24. The second-order valence-corrected chi connectivity index (χ2v) is 8.89. The first kappa shape index (κ1) is 22.1. The smallest absolute Gasteiger partial charge is 0.227 e. The van der Waals surface area contributed by atoms with Gasteiger partial charge in [0.2, 0.25) is 5.91 Å². The Morgan fingerprint density at radius 3 is 2.45 bits per heavy atom. The Balaban J connectivity index is 1.38. The van der Waals surface area contributed by atoms with Gasteiger partial charge in [0, 0.05) is 50.5 Å². The summed E-state index contributed by atoms with van der Waals surface area (Å²) in [5, 5.41) is 7.03. The Morgan fingerprint density at radius 1 is 1.06 bits per heavy atom. The zero-order valence-electron chi connectivity index (χ0n) is 18.9. The Bertz CT molecular complexity index is 752. The number of nitrogens with zero attached hydrogens (tertiary/aromatic N) is 3. The molecule has 0 saturated carbocycles. The van der Waals surface area contributed by atoms with E-state index < -0.39 is 0 Å². The predicted octanol–water partition coefficient (Wildman–Crippen LogP) is 2.51. The third kappa shape index (κ3) is 5.39. The Kier molecular flexibility index (Phi) is 7.45. The molecule has 31 heavy (non-hydrogen) atoms. The summed E-state index contributed by atoms with van der Waals surface area (Å²) in [6.45, 7) is 9.36. The quantitative estimate of drug-likeness (QED) is 0.517. The maximum atomic E-state index is 11.9. The van der Waals surface area contributed by atoms with Gasteiger partial charge in [0.15, 0.2) is 5.96 Å². The summed E-state index contributed by atoms with van der Waals surface area (Å²) < 4.78 is 5.67. The number of hydrogen-bond acceptors (Lipinski definition) is 4. The van der Waals surface area contributed by atoms with E-state index in [9.17, 15) is 4.79 Å². The SMILES string of the molecule is CCNC(=NCc1ccc(N2CCCC2=O)cc1)NCC1(N2CCCC2)CCOCC1. The van der Waals surface area contributed by atoms with Crippen LogP contribution in [-0.4, -0.2) is 68.2 Å². The van der Waals surface area contributed by atoms with Gasteiger partial charge in [-0.1, -0.05) is 12.1 Å². The van der Waals surface area contributed by atoms with Gasteiger partial charge in [-0.15, -0.1) is 0 Å². The second kappa shape index (κ2) is 10.5. The number of ether oxygens (including phenoxy) is 1. The van der Waals surface area contributed by atoms with E-state index in [2.05, 4.69) is 34.6 Å². The molecule has 7 heteroatoms. The number of anilines is 1. The summed E-state index contributed by atoms with van der Waals surface area (Å²) in [5.74, 6) is 1.09. The van der Waals surface area contributed by atoms with Crippen LogP contribution in [0.3, 0.4) is 0 Å². The van der Waals surface area contributed by atoms with Crippen molar-refractivity contribution in [3.63, 3.8) is 0 Å². The number of likely N-dealkylation sites (tertiary alicyclic amines) is 1. The fourth-order valence-corrected chi connectivity index (χ4v) is 5.01. The number of guanidine groups is 1. The van der Waals surface area contributed by atoms with Crippen LogP contribution in [0.4, 0.5) is 5.69 Å². The minimum Gasteiger partial charge on any atom is -0.381 e. The topological polar surface area (TPSA) is 69.2 Å². The molecule has 0 bridgehead atoms. The first-order valence-electron chi connectivity index (χ1n) is 11.9. The summed E-state index contributed by atoms with van der Waals surface area (Å²) in [6.07, 6.45) is 6.38. The summed E-state index contributed by atoms with van der Waals surface area (Å²) in [5.41, 5.74) is 2.31. The molecule has 3 aliphatic rings. The van der Waals surface area contributed by atoms with Crippen molar-refractivity contribution in [2.24, 2.45) is 4.99 Å². The third-order valence-corrected chi connectivity index (χ3v) is 6.87. The minimum absolute atomic E-state index is 0.175. The first-order chi connectivity index (χ1) is 15.2. The van der Waals surface area contributed by atoms with E-state index in [1.165, 1.54) is 25.9 Å².